The van der Waals surface area contributed by atoms with Gasteiger partial charge in [-0.1, -0.05) is 12.1 Å². The second-order valence-corrected chi connectivity index (χ2v) is 4.35. The van der Waals surface area contributed by atoms with Crippen LogP contribution in [0.25, 0.3) is 0 Å². The smallest absolute Gasteiger partial charge is 0.257 e. The van der Waals surface area contributed by atoms with Crippen LogP contribution in [0.15, 0.2) is 47.2 Å². The molecule has 4 nitrogen and oxygen atoms in total. The molecule has 0 fully saturated rings. The second-order valence-electron chi connectivity index (χ2n) is 3.43. The molecule has 2 aromatic rings. The topological polar surface area (TPSA) is 68.0 Å². The number of hydrogen-bond acceptors (Lipinski definition) is 3. The molecule has 3 N–H and O–H groups in total. The molecule has 0 bridgehead atoms. The van der Waals surface area contributed by atoms with Crippen LogP contribution >= 0.6 is 15.9 Å². The predicted molar refractivity (Wildman–Crippen MR) is 70.7 cm³/mol. The SMILES string of the molecule is Nc1ccccc1NC(=O)c1cncc(Br)c1. The van der Waals surface area contributed by atoms with Gasteiger partial charge in [-0.15, -0.1) is 0 Å². The average Bonchev–Trinajstić information content (AvgIpc) is 2.32. The molecule has 1 aromatic carbocycles. The highest BCUT2D eigenvalue weighted by molar-refractivity contribution is 9.10. The van der Waals surface area contributed by atoms with Crippen LogP contribution in [0.1, 0.15) is 10.4 Å². The van der Waals surface area contributed by atoms with Crippen molar-refractivity contribution >= 4 is 33.2 Å². The maximum atomic E-state index is 11.9. The lowest BCUT2D eigenvalue weighted by molar-refractivity contribution is 0.102. The lowest BCUT2D eigenvalue weighted by atomic mass is 10.2. The fourth-order valence-corrected chi connectivity index (χ4v) is 1.71. The van der Waals surface area contributed by atoms with Crippen molar-refractivity contribution in [2.24, 2.45) is 0 Å². The fourth-order valence-electron chi connectivity index (χ4n) is 1.34. The first-order chi connectivity index (χ1) is 8.16. The molecular formula is C12H10BrN3O. The maximum absolute atomic E-state index is 11.9. The van der Waals surface area contributed by atoms with Crippen molar-refractivity contribution < 1.29 is 4.79 Å². The number of rotatable bonds is 2. The van der Waals surface area contributed by atoms with Crippen molar-refractivity contribution in [3.8, 4) is 0 Å². The fraction of sp³-hybridized carbons (Fsp3) is 0. The Morgan fingerprint density at radius 2 is 2.06 bits per heavy atom. The van der Waals surface area contributed by atoms with Crippen LogP contribution in [-0.2, 0) is 0 Å². The zero-order valence-corrected chi connectivity index (χ0v) is 10.4. The van der Waals surface area contributed by atoms with E-state index in [1.807, 2.05) is 12.1 Å². The number of amides is 1. The van der Waals surface area contributed by atoms with Crippen LogP contribution in [0.3, 0.4) is 0 Å². The normalized spacial score (nSPS) is 9.94. The molecule has 1 heterocycles. The number of para-hydroxylation sites is 2. The van der Waals surface area contributed by atoms with Gasteiger partial charge < -0.3 is 11.1 Å². The van der Waals surface area contributed by atoms with Gasteiger partial charge in [-0.25, -0.2) is 0 Å². The molecule has 1 amide bonds. The number of carbonyl (C=O) groups excluding carboxylic acids is 1. The van der Waals surface area contributed by atoms with E-state index < -0.39 is 0 Å². The average molecular weight is 292 g/mol. The summed E-state index contributed by atoms with van der Waals surface area (Å²) in [6.45, 7) is 0. The Labute approximate surface area is 107 Å². The summed E-state index contributed by atoms with van der Waals surface area (Å²) in [6, 6.07) is 8.80. The van der Waals surface area contributed by atoms with Gasteiger partial charge in [0.05, 0.1) is 16.9 Å². The van der Waals surface area contributed by atoms with Gasteiger partial charge in [-0.2, -0.15) is 0 Å². The maximum Gasteiger partial charge on any atom is 0.257 e. The lowest BCUT2D eigenvalue weighted by Crippen LogP contribution is -2.13. The number of aromatic nitrogens is 1. The van der Waals surface area contributed by atoms with E-state index in [0.717, 1.165) is 4.47 Å². The molecule has 17 heavy (non-hydrogen) atoms. The first-order valence-electron chi connectivity index (χ1n) is 4.93. The number of anilines is 2. The van der Waals surface area contributed by atoms with Crippen LogP contribution in [0.2, 0.25) is 0 Å². The summed E-state index contributed by atoms with van der Waals surface area (Å²) in [4.78, 5) is 15.8. The van der Waals surface area contributed by atoms with Gasteiger partial charge in [0.2, 0.25) is 0 Å². The Morgan fingerprint density at radius 1 is 1.29 bits per heavy atom. The monoisotopic (exact) mass is 291 g/mol. The number of halogens is 1. The van der Waals surface area contributed by atoms with Crippen LogP contribution in [0, 0.1) is 0 Å². The first-order valence-corrected chi connectivity index (χ1v) is 5.72. The molecule has 86 valence electrons. The van der Waals surface area contributed by atoms with E-state index in [0.29, 0.717) is 16.9 Å². The van der Waals surface area contributed by atoms with E-state index in [1.54, 1.807) is 24.4 Å². The summed E-state index contributed by atoms with van der Waals surface area (Å²) in [6.07, 6.45) is 3.12. The summed E-state index contributed by atoms with van der Waals surface area (Å²) in [7, 11) is 0. The van der Waals surface area contributed by atoms with Crippen molar-refractivity contribution in [1.82, 2.24) is 4.98 Å². The van der Waals surface area contributed by atoms with Crippen LogP contribution in [0.5, 0.6) is 0 Å². The molecule has 0 unspecified atom stereocenters. The van der Waals surface area contributed by atoms with Crippen molar-refractivity contribution in [1.29, 1.82) is 0 Å². The Bertz CT molecular complexity index is 557. The van der Waals surface area contributed by atoms with Gasteiger partial charge in [0, 0.05) is 16.9 Å². The Morgan fingerprint density at radius 3 is 2.76 bits per heavy atom. The van der Waals surface area contributed by atoms with Crippen molar-refractivity contribution in [3.05, 3.63) is 52.8 Å². The number of nitrogen functional groups attached to an aromatic ring is 1. The third-order valence-corrected chi connectivity index (χ3v) is 2.61. The number of nitrogens with zero attached hydrogens (tertiary/aromatic N) is 1. The lowest BCUT2D eigenvalue weighted by Gasteiger charge is -2.07. The van der Waals surface area contributed by atoms with E-state index in [9.17, 15) is 4.79 Å². The van der Waals surface area contributed by atoms with Crippen LogP contribution in [-0.4, -0.2) is 10.9 Å². The van der Waals surface area contributed by atoms with Crippen LogP contribution < -0.4 is 11.1 Å². The number of benzene rings is 1. The zero-order chi connectivity index (χ0) is 12.3. The zero-order valence-electron chi connectivity index (χ0n) is 8.85. The molecule has 5 heteroatoms. The van der Waals surface area contributed by atoms with Gasteiger partial charge in [0.25, 0.3) is 5.91 Å². The van der Waals surface area contributed by atoms with E-state index in [-0.39, 0.29) is 5.91 Å². The first kappa shape index (κ1) is 11.6. The Balaban J connectivity index is 2.20. The standard InChI is InChI=1S/C12H10BrN3O/c13-9-5-8(6-15-7-9)12(17)16-11-4-2-1-3-10(11)14/h1-7H,14H2,(H,16,17). The minimum absolute atomic E-state index is 0.239. The van der Waals surface area contributed by atoms with Crippen LogP contribution in [0.4, 0.5) is 11.4 Å². The second kappa shape index (κ2) is 4.97. The summed E-state index contributed by atoms with van der Waals surface area (Å²) in [5.41, 5.74) is 7.34. The molecule has 0 radical (unpaired) electrons. The van der Waals surface area contributed by atoms with E-state index in [2.05, 4.69) is 26.2 Å². The molecule has 0 spiro atoms. The molecule has 1 aromatic heterocycles. The highest BCUT2D eigenvalue weighted by atomic mass is 79.9. The highest BCUT2D eigenvalue weighted by Crippen LogP contribution is 2.18. The Hall–Kier alpha value is -1.88. The summed E-state index contributed by atoms with van der Waals surface area (Å²) in [5.74, 6) is -0.239. The van der Waals surface area contributed by atoms with Crippen molar-refractivity contribution in [2.45, 2.75) is 0 Å². The number of hydrogen-bond donors (Lipinski definition) is 2. The number of pyridine rings is 1. The molecule has 0 aliphatic heterocycles. The van der Waals surface area contributed by atoms with E-state index in [4.69, 9.17) is 5.73 Å². The third kappa shape index (κ3) is 2.82. The molecule has 0 atom stereocenters. The van der Waals surface area contributed by atoms with E-state index in [1.165, 1.54) is 6.20 Å². The highest BCUT2D eigenvalue weighted by Gasteiger charge is 2.08. The Kier molecular flexibility index (Phi) is 3.39. The van der Waals surface area contributed by atoms with Crippen molar-refractivity contribution in [2.75, 3.05) is 11.1 Å². The molecule has 0 aliphatic rings. The number of nitrogens with one attached hydrogen (secondary N) is 1. The summed E-state index contributed by atoms with van der Waals surface area (Å²) in [5, 5.41) is 2.73. The number of nitrogens with two attached hydrogens (primary N) is 1. The number of carbonyl (C=O) groups is 1. The summed E-state index contributed by atoms with van der Waals surface area (Å²) >= 11 is 3.26. The van der Waals surface area contributed by atoms with Gasteiger partial charge >= 0.3 is 0 Å². The molecule has 0 aliphatic carbocycles. The van der Waals surface area contributed by atoms with Crippen molar-refractivity contribution in [3.63, 3.8) is 0 Å². The molecule has 0 saturated carbocycles. The van der Waals surface area contributed by atoms with Gasteiger partial charge in [0.1, 0.15) is 0 Å². The van der Waals surface area contributed by atoms with Gasteiger partial charge in [0.15, 0.2) is 0 Å². The minimum atomic E-state index is -0.239. The molecule has 0 saturated heterocycles. The third-order valence-electron chi connectivity index (χ3n) is 2.18. The van der Waals surface area contributed by atoms with E-state index >= 15 is 0 Å². The van der Waals surface area contributed by atoms with Gasteiger partial charge in [-0.05, 0) is 34.1 Å². The quantitative estimate of drug-likeness (QED) is 0.836. The predicted octanol–water partition coefficient (Wildman–Crippen LogP) is 2.68. The molecule has 2 rings (SSSR count). The minimum Gasteiger partial charge on any atom is -0.397 e. The largest absolute Gasteiger partial charge is 0.397 e. The van der Waals surface area contributed by atoms with Gasteiger partial charge in [-0.3, -0.25) is 9.78 Å². The molecular weight excluding hydrogens is 282 g/mol. The summed E-state index contributed by atoms with van der Waals surface area (Å²) < 4.78 is 0.756.